The maximum atomic E-state index is 13.3. The van der Waals surface area contributed by atoms with E-state index in [0.29, 0.717) is 22.9 Å². The van der Waals surface area contributed by atoms with Crippen LogP contribution in [0.1, 0.15) is 47.0 Å². The van der Waals surface area contributed by atoms with Crippen LogP contribution < -0.4 is 19.4 Å². The van der Waals surface area contributed by atoms with E-state index in [4.69, 9.17) is 21.1 Å². The molecule has 2 heterocycles. The van der Waals surface area contributed by atoms with Gasteiger partial charge in [0.05, 0.1) is 29.5 Å². The quantitative estimate of drug-likeness (QED) is 0.389. The summed E-state index contributed by atoms with van der Waals surface area (Å²) in [5.41, 5.74) is 0.864. The first-order valence-corrected chi connectivity index (χ1v) is 12.9. The molecule has 2 aromatic carbocycles. The Morgan fingerprint density at radius 3 is 2.19 bits per heavy atom. The zero-order valence-electron chi connectivity index (χ0n) is 21.5. The minimum absolute atomic E-state index is 0.0523. The molecule has 198 valence electrons. The van der Waals surface area contributed by atoms with Gasteiger partial charge in [0.1, 0.15) is 23.3 Å². The van der Waals surface area contributed by atoms with Crippen molar-refractivity contribution in [3.63, 3.8) is 0 Å². The first-order chi connectivity index (χ1) is 17.2. The Hall–Kier alpha value is -2.61. The topological polar surface area (TPSA) is 37.3 Å². The molecule has 0 radical (unpaired) electrons. The van der Waals surface area contributed by atoms with E-state index in [1.54, 1.807) is 38.3 Å². The smallest absolute Gasteiger partial charge is 0.431 e. The monoisotopic (exact) mass is 525 g/mol. The van der Waals surface area contributed by atoms with E-state index in [-0.39, 0.29) is 12.1 Å². The average Bonchev–Trinajstić information content (AvgIpc) is 3.23. The highest BCUT2D eigenvalue weighted by molar-refractivity contribution is 6.33. The molecule has 0 N–H and O–H groups in total. The Morgan fingerprint density at radius 1 is 1.03 bits per heavy atom. The van der Waals surface area contributed by atoms with Crippen LogP contribution in [0.2, 0.25) is 5.02 Å². The normalized spacial score (nSPS) is 20.5. The summed E-state index contributed by atoms with van der Waals surface area (Å²) in [6.07, 6.45) is -2.14. The van der Waals surface area contributed by atoms with Crippen LogP contribution in [-0.4, -0.2) is 44.2 Å². The lowest BCUT2D eigenvalue weighted by atomic mass is 9.95. The van der Waals surface area contributed by atoms with Crippen LogP contribution in [0, 0.1) is 5.92 Å². The zero-order valence-corrected chi connectivity index (χ0v) is 22.2. The van der Waals surface area contributed by atoms with Gasteiger partial charge in [-0.1, -0.05) is 39.3 Å². The molecule has 1 unspecified atom stereocenters. The summed E-state index contributed by atoms with van der Waals surface area (Å²) in [5, 5.41) is 6.11. The van der Waals surface area contributed by atoms with Crippen LogP contribution in [-0.2, 0) is 0 Å². The molecule has 0 spiro atoms. The van der Waals surface area contributed by atoms with Crippen LogP contribution in [0.4, 0.5) is 24.5 Å². The van der Waals surface area contributed by atoms with E-state index < -0.39 is 17.8 Å². The van der Waals surface area contributed by atoms with Crippen LogP contribution in [0.15, 0.2) is 47.6 Å². The summed E-state index contributed by atoms with van der Waals surface area (Å²) in [4.78, 5) is 2.23. The van der Waals surface area contributed by atoms with Crippen molar-refractivity contribution in [2.24, 2.45) is 11.0 Å². The molecule has 4 rings (SSSR count). The van der Waals surface area contributed by atoms with E-state index >= 15 is 0 Å². The third-order valence-corrected chi connectivity index (χ3v) is 6.91. The number of hydrazone groups is 1. The molecule has 0 amide bonds. The van der Waals surface area contributed by atoms with E-state index in [0.717, 1.165) is 37.4 Å². The molecule has 9 heteroatoms. The largest absolute Gasteiger partial charge is 0.497 e. The lowest BCUT2D eigenvalue weighted by Crippen LogP contribution is -2.38. The number of methoxy groups -OCH3 is 1. The van der Waals surface area contributed by atoms with Gasteiger partial charge in [0.25, 0.3) is 0 Å². The van der Waals surface area contributed by atoms with E-state index in [2.05, 4.69) is 10.0 Å². The van der Waals surface area contributed by atoms with Crippen molar-refractivity contribution in [1.82, 2.24) is 0 Å². The molecule has 2 aromatic rings. The maximum Gasteiger partial charge on any atom is 0.431 e. The van der Waals surface area contributed by atoms with E-state index in [9.17, 15) is 13.2 Å². The number of piperidine rings is 1. The van der Waals surface area contributed by atoms with Crippen molar-refractivity contribution < 1.29 is 22.6 Å². The van der Waals surface area contributed by atoms with Crippen LogP contribution in [0.5, 0.6) is 11.5 Å². The summed E-state index contributed by atoms with van der Waals surface area (Å²) in [5.74, 6) is 0.786. The maximum absolute atomic E-state index is 13.3. The fourth-order valence-electron chi connectivity index (χ4n) is 4.71. The van der Waals surface area contributed by atoms with Gasteiger partial charge in [-0.15, -0.1) is 0 Å². The molecule has 5 nitrogen and oxygen atoms in total. The summed E-state index contributed by atoms with van der Waals surface area (Å²) in [6.45, 7) is 9.07. The summed E-state index contributed by atoms with van der Waals surface area (Å²) >= 11 is 6.38. The van der Waals surface area contributed by atoms with E-state index in [1.807, 2.05) is 39.0 Å². The molecule has 2 aliphatic rings. The molecule has 2 atom stereocenters. The van der Waals surface area contributed by atoms with Crippen LogP contribution in [0.25, 0.3) is 0 Å². The average molecular weight is 526 g/mol. The number of halogens is 4. The van der Waals surface area contributed by atoms with Crippen molar-refractivity contribution in [2.75, 3.05) is 30.1 Å². The number of hydrogen-bond donors (Lipinski definition) is 0. The first-order valence-electron chi connectivity index (χ1n) is 12.5. The third-order valence-electron chi connectivity index (χ3n) is 6.59. The Morgan fingerprint density at radius 2 is 1.64 bits per heavy atom. The second kappa shape index (κ2) is 12.1. The van der Waals surface area contributed by atoms with E-state index in [1.165, 1.54) is 5.01 Å². The van der Waals surface area contributed by atoms with Gasteiger partial charge in [0, 0.05) is 37.9 Å². The Bertz CT molecular complexity index is 1020. The van der Waals surface area contributed by atoms with Gasteiger partial charge >= 0.3 is 6.18 Å². The van der Waals surface area contributed by atoms with Crippen molar-refractivity contribution in [3.05, 3.63) is 47.5 Å². The fraction of sp³-hybridized carbons (Fsp3) is 0.519. The third kappa shape index (κ3) is 6.20. The standard InChI is InChI=1S/C25H29ClF3N3O2.C2H6/c1-4-22-16(2)24(25(27,28)29)30-32(22)17-5-7-18(8-6-17)34-19-11-13-31(14-12-19)23-15-20(33-3)9-10-21(23)26;1-2/h5-10,15-16,19,22H,4,11-14H2,1-3H3;1-2H3/t16?,22-;/m0./s1. The van der Waals surface area contributed by atoms with Crippen molar-refractivity contribution in [3.8, 4) is 11.5 Å². The predicted octanol–water partition coefficient (Wildman–Crippen LogP) is 7.58. The minimum Gasteiger partial charge on any atom is -0.497 e. The van der Waals surface area contributed by atoms with Crippen molar-refractivity contribution in [2.45, 2.75) is 65.3 Å². The number of anilines is 2. The van der Waals surface area contributed by atoms with Gasteiger partial charge in [0.15, 0.2) is 0 Å². The number of ether oxygens (including phenoxy) is 2. The fourth-order valence-corrected chi connectivity index (χ4v) is 4.95. The second-order valence-corrected chi connectivity index (χ2v) is 9.11. The minimum atomic E-state index is -4.42. The highest BCUT2D eigenvalue weighted by Gasteiger charge is 2.47. The summed E-state index contributed by atoms with van der Waals surface area (Å²) in [6, 6.07) is 12.5. The molecule has 36 heavy (non-hydrogen) atoms. The van der Waals surface area contributed by atoms with Gasteiger partial charge in [-0.25, -0.2) is 0 Å². The molecule has 0 saturated carbocycles. The Balaban J connectivity index is 0.00000176. The number of alkyl halides is 3. The Kier molecular flexibility index (Phi) is 9.39. The van der Waals surface area contributed by atoms with Crippen molar-refractivity contribution in [1.29, 1.82) is 0 Å². The highest BCUT2D eigenvalue weighted by atomic mass is 35.5. The van der Waals surface area contributed by atoms with Crippen LogP contribution >= 0.6 is 11.6 Å². The van der Waals surface area contributed by atoms with Gasteiger partial charge < -0.3 is 14.4 Å². The molecular formula is C27H35ClF3N3O2. The lowest BCUT2D eigenvalue weighted by molar-refractivity contribution is -0.0620. The predicted molar refractivity (Wildman–Crippen MR) is 141 cm³/mol. The SMILES string of the molecule is CC.CC[C@H]1C(C)C(C(F)(F)F)=NN1c1ccc(OC2CCN(c3cc(OC)ccc3Cl)CC2)cc1. The molecule has 0 aromatic heterocycles. The van der Waals surface area contributed by atoms with Gasteiger partial charge in [-0.3, -0.25) is 5.01 Å². The molecular weight excluding hydrogens is 491 g/mol. The number of hydrogen-bond acceptors (Lipinski definition) is 5. The number of nitrogens with zero attached hydrogens (tertiary/aromatic N) is 3. The van der Waals surface area contributed by atoms with Gasteiger partial charge in [-0.2, -0.15) is 18.3 Å². The second-order valence-electron chi connectivity index (χ2n) is 8.71. The summed E-state index contributed by atoms with van der Waals surface area (Å²) in [7, 11) is 1.63. The molecule has 1 saturated heterocycles. The Labute approximate surface area is 216 Å². The number of benzene rings is 2. The van der Waals surface area contributed by atoms with Gasteiger partial charge in [-0.05, 0) is 42.8 Å². The van der Waals surface area contributed by atoms with Crippen molar-refractivity contribution >= 4 is 28.7 Å². The molecule has 1 fully saturated rings. The highest BCUT2D eigenvalue weighted by Crippen LogP contribution is 2.37. The molecule has 2 aliphatic heterocycles. The number of rotatable bonds is 6. The molecule has 0 aliphatic carbocycles. The summed E-state index contributed by atoms with van der Waals surface area (Å²) < 4.78 is 51.5. The first kappa shape index (κ1) is 28.0. The van der Waals surface area contributed by atoms with Crippen LogP contribution in [0.3, 0.4) is 0 Å². The molecule has 0 bridgehead atoms. The lowest BCUT2D eigenvalue weighted by Gasteiger charge is -2.34. The zero-order chi connectivity index (χ0) is 26.5. The van der Waals surface area contributed by atoms with Gasteiger partial charge in [0.2, 0.25) is 0 Å².